The zero-order valence-electron chi connectivity index (χ0n) is 10.9. The third kappa shape index (κ3) is 3.94. The van der Waals surface area contributed by atoms with Gasteiger partial charge in [-0.3, -0.25) is 19.5 Å². The highest BCUT2D eigenvalue weighted by molar-refractivity contribution is 6.63. The van der Waals surface area contributed by atoms with Gasteiger partial charge in [-0.2, -0.15) is 13.2 Å². The predicted molar refractivity (Wildman–Crippen MR) is 64.3 cm³/mol. The van der Waals surface area contributed by atoms with Crippen LogP contribution in [0.1, 0.15) is 5.56 Å². The van der Waals surface area contributed by atoms with Crippen LogP contribution in [0.15, 0.2) is 18.3 Å². The predicted octanol–water partition coefficient (Wildman–Crippen LogP) is -0.173. The molecular weight excluding hydrogens is 292 g/mol. The van der Waals surface area contributed by atoms with Crippen LogP contribution in [-0.2, 0) is 25.1 Å². The van der Waals surface area contributed by atoms with Gasteiger partial charge < -0.3 is 9.31 Å². The van der Waals surface area contributed by atoms with Crippen molar-refractivity contribution in [3.05, 3.63) is 23.9 Å². The molecule has 1 aromatic rings. The first-order chi connectivity index (χ1) is 9.75. The number of nitrogens with zero attached hydrogens (tertiary/aromatic N) is 2. The molecule has 0 atom stereocenters. The van der Waals surface area contributed by atoms with Gasteiger partial charge in [0.1, 0.15) is 5.59 Å². The van der Waals surface area contributed by atoms with Crippen molar-refractivity contribution in [2.75, 3.05) is 20.1 Å². The van der Waals surface area contributed by atoms with Crippen LogP contribution in [0.2, 0.25) is 0 Å². The Bertz CT molecular complexity index is 529. The largest absolute Gasteiger partial charge is 0.656 e. The fourth-order valence-corrected chi connectivity index (χ4v) is 1.67. The second kappa shape index (κ2) is 5.72. The minimum atomic E-state index is -4.53. The molecule has 0 amide bonds. The average molecular weight is 302 g/mol. The molecule has 0 spiro atoms. The average Bonchev–Trinajstić information content (AvgIpc) is 2.35. The van der Waals surface area contributed by atoms with E-state index in [9.17, 15) is 22.8 Å². The molecule has 0 aliphatic carbocycles. The highest BCUT2D eigenvalue weighted by Gasteiger charge is 2.36. The van der Waals surface area contributed by atoms with E-state index >= 15 is 0 Å². The number of pyridine rings is 1. The Kier molecular flexibility index (Phi) is 4.17. The van der Waals surface area contributed by atoms with E-state index in [-0.39, 0.29) is 18.7 Å². The molecule has 0 saturated carbocycles. The van der Waals surface area contributed by atoms with Gasteiger partial charge in [0, 0.05) is 6.20 Å². The Morgan fingerprint density at radius 2 is 1.76 bits per heavy atom. The van der Waals surface area contributed by atoms with Gasteiger partial charge in [0.05, 0.1) is 18.7 Å². The third-order valence-corrected chi connectivity index (χ3v) is 2.63. The minimum absolute atomic E-state index is 0.0887. The normalized spacial score (nSPS) is 17.8. The summed E-state index contributed by atoms with van der Waals surface area (Å²) in [5.74, 6) is -1.34. The molecule has 0 unspecified atom stereocenters. The minimum Gasteiger partial charge on any atom is -0.493 e. The van der Waals surface area contributed by atoms with Crippen LogP contribution in [0.3, 0.4) is 0 Å². The second-order valence-corrected chi connectivity index (χ2v) is 4.45. The van der Waals surface area contributed by atoms with E-state index in [1.165, 1.54) is 11.9 Å². The van der Waals surface area contributed by atoms with E-state index in [0.29, 0.717) is 6.20 Å². The molecule has 0 radical (unpaired) electrons. The lowest BCUT2D eigenvalue weighted by atomic mass is 9.83. The van der Waals surface area contributed by atoms with E-state index in [4.69, 9.17) is 9.31 Å². The fraction of sp³-hybridized carbons (Fsp3) is 0.364. The summed E-state index contributed by atoms with van der Waals surface area (Å²) in [5, 5.41) is 0. The smallest absolute Gasteiger partial charge is 0.493 e. The Morgan fingerprint density at radius 3 is 2.19 bits per heavy atom. The van der Waals surface area contributed by atoms with Crippen molar-refractivity contribution in [3.63, 3.8) is 0 Å². The maximum absolute atomic E-state index is 12.4. The van der Waals surface area contributed by atoms with E-state index in [2.05, 4.69) is 4.98 Å². The Morgan fingerprint density at radius 1 is 1.19 bits per heavy atom. The van der Waals surface area contributed by atoms with Gasteiger partial charge in [0.25, 0.3) is 0 Å². The quantitative estimate of drug-likeness (QED) is 0.671. The molecule has 0 aromatic carbocycles. The number of carbonyl (C=O) groups is 2. The lowest BCUT2D eigenvalue weighted by molar-refractivity contribution is -0.145. The van der Waals surface area contributed by atoms with Gasteiger partial charge in [-0.15, -0.1) is 0 Å². The summed E-state index contributed by atoms with van der Waals surface area (Å²) < 4.78 is 47.0. The van der Waals surface area contributed by atoms with Crippen LogP contribution in [-0.4, -0.2) is 49.1 Å². The number of aromatic nitrogens is 1. The van der Waals surface area contributed by atoms with Crippen LogP contribution >= 0.6 is 0 Å². The van der Waals surface area contributed by atoms with E-state index < -0.39 is 30.8 Å². The number of halogens is 3. The lowest BCUT2D eigenvalue weighted by Crippen LogP contribution is -2.48. The fourth-order valence-electron chi connectivity index (χ4n) is 1.67. The molecule has 21 heavy (non-hydrogen) atoms. The number of hydrogen-bond acceptors (Lipinski definition) is 6. The van der Waals surface area contributed by atoms with Crippen LogP contribution in [0.25, 0.3) is 0 Å². The Hall–Kier alpha value is -2.10. The first kappa shape index (κ1) is 15.3. The molecule has 2 heterocycles. The van der Waals surface area contributed by atoms with Gasteiger partial charge in [0.15, 0.2) is 0 Å². The van der Waals surface area contributed by atoms with Gasteiger partial charge in [0.2, 0.25) is 0 Å². The first-order valence-corrected chi connectivity index (χ1v) is 5.86. The third-order valence-electron chi connectivity index (χ3n) is 2.63. The summed E-state index contributed by atoms with van der Waals surface area (Å²) in [4.78, 5) is 27.9. The molecule has 10 heteroatoms. The summed E-state index contributed by atoms with van der Waals surface area (Å²) in [5.41, 5.74) is -1.04. The van der Waals surface area contributed by atoms with Gasteiger partial charge in [-0.1, -0.05) is 0 Å². The maximum atomic E-state index is 12.4. The summed E-state index contributed by atoms with van der Waals surface area (Å²) in [6.07, 6.45) is -3.94. The summed E-state index contributed by atoms with van der Waals surface area (Å²) in [6.45, 7) is -0.265. The summed E-state index contributed by atoms with van der Waals surface area (Å²) >= 11 is 0. The monoisotopic (exact) mass is 302 g/mol. The summed E-state index contributed by atoms with van der Waals surface area (Å²) in [6, 6.07) is 1.77. The van der Waals surface area contributed by atoms with Crippen LogP contribution in [0.5, 0.6) is 0 Å². The van der Waals surface area contributed by atoms with Crippen molar-refractivity contribution >= 4 is 24.7 Å². The number of hydrogen-bond donors (Lipinski definition) is 0. The van der Waals surface area contributed by atoms with Crippen molar-refractivity contribution in [1.82, 2.24) is 9.88 Å². The molecule has 112 valence electrons. The number of likely N-dealkylation sites (N-methyl/N-ethyl adjacent to an activating group) is 1. The van der Waals surface area contributed by atoms with Crippen molar-refractivity contribution in [3.8, 4) is 0 Å². The topological polar surface area (TPSA) is 68.7 Å². The zero-order valence-corrected chi connectivity index (χ0v) is 10.9. The van der Waals surface area contributed by atoms with Crippen molar-refractivity contribution in [2.45, 2.75) is 6.18 Å². The zero-order chi connectivity index (χ0) is 15.6. The number of alkyl halides is 3. The molecule has 1 saturated heterocycles. The molecule has 0 N–H and O–H groups in total. The summed E-state index contributed by atoms with van der Waals surface area (Å²) in [7, 11) is 0.0835. The van der Waals surface area contributed by atoms with Gasteiger partial charge in [-0.05, 0) is 19.2 Å². The Labute approximate surface area is 118 Å². The lowest BCUT2D eigenvalue weighted by Gasteiger charge is -2.22. The van der Waals surface area contributed by atoms with Gasteiger partial charge >= 0.3 is 25.2 Å². The SMILES string of the molecule is CN1CC(=O)OB(c2ccc(C(F)(F)F)cn2)OC(=O)C1. The molecule has 2 rings (SSSR count). The maximum Gasteiger partial charge on any atom is 0.656 e. The van der Waals surface area contributed by atoms with Crippen LogP contribution < -0.4 is 5.59 Å². The van der Waals surface area contributed by atoms with E-state index in [0.717, 1.165) is 12.1 Å². The number of rotatable bonds is 1. The van der Waals surface area contributed by atoms with Crippen LogP contribution in [0.4, 0.5) is 13.2 Å². The molecule has 1 fully saturated rings. The molecule has 1 aliphatic heterocycles. The molecule has 6 nitrogen and oxygen atoms in total. The van der Waals surface area contributed by atoms with E-state index in [1.807, 2.05) is 0 Å². The van der Waals surface area contributed by atoms with Crippen molar-refractivity contribution in [2.24, 2.45) is 0 Å². The van der Waals surface area contributed by atoms with Crippen LogP contribution in [0, 0.1) is 0 Å². The van der Waals surface area contributed by atoms with Crippen molar-refractivity contribution < 1.29 is 32.1 Å². The van der Waals surface area contributed by atoms with E-state index in [1.54, 1.807) is 0 Å². The first-order valence-electron chi connectivity index (χ1n) is 5.86. The highest BCUT2D eigenvalue weighted by Crippen LogP contribution is 2.27. The van der Waals surface area contributed by atoms with Crippen molar-refractivity contribution in [1.29, 1.82) is 0 Å². The highest BCUT2D eigenvalue weighted by atomic mass is 19.4. The standard InChI is InChI=1S/C11H10BF3N2O4/c1-17-5-9(18)20-12(21-10(19)6-17)8-3-2-7(4-16-8)11(13,14)15/h2-4H,5-6H2,1H3. The number of carbonyl (C=O) groups excluding carboxylic acids is 2. The van der Waals surface area contributed by atoms with Gasteiger partial charge in [-0.25, -0.2) is 0 Å². The Balaban J connectivity index is 2.19. The molecule has 1 aliphatic rings. The molecule has 0 bridgehead atoms. The molecular formula is C11H10BF3N2O4. The molecule has 1 aromatic heterocycles. The second-order valence-electron chi connectivity index (χ2n) is 4.45.